The molecule has 20 heavy (non-hydrogen) atoms. The fourth-order valence-corrected chi connectivity index (χ4v) is 2.57. The van der Waals surface area contributed by atoms with E-state index in [1.54, 1.807) is 12.1 Å². The molecule has 4 nitrogen and oxygen atoms in total. The van der Waals surface area contributed by atoms with Gasteiger partial charge in [0.15, 0.2) is 6.61 Å². The second kappa shape index (κ2) is 6.64. The van der Waals surface area contributed by atoms with E-state index in [1.807, 2.05) is 12.1 Å². The lowest BCUT2D eigenvalue weighted by molar-refractivity contribution is -0.154. The first kappa shape index (κ1) is 14.7. The molecule has 1 aromatic carbocycles. The predicted octanol–water partition coefficient (Wildman–Crippen LogP) is 3.02. The Kier molecular flexibility index (Phi) is 4.88. The minimum absolute atomic E-state index is 0.0328. The Morgan fingerprint density at radius 1 is 1.25 bits per heavy atom. The second-order valence-corrected chi connectivity index (χ2v) is 5.71. The molecule has 2 N–H and O–H groups in total. The topological polar surface area (TPSA) is 61.5 Å². The zero-order chi connectivity index (χ0) is 14.5. The van der Waals surface area contributed by atoms with Gasteiger partial charge in [0.1, 0.15) is 11.9 Å². The number of esters is 1. The lowest BCUT2D eigenvalue weighted by atomic mass is 9.80. The van der Waals surface area contributed by atoms with Crippen molar-refractivity contribution in [1.29, 1.82) is 0 Å². The van der Waals surface area contributed by atoms with E-state index in [9.17, 15) is 4.79 Å². The van der Waals surface area contributed by atoms with Gasteiger partial charge in [0.25, 0.3) is 0 Å². The number of hydrogen-bond donors (Lipinski definition) is 1. The highest BCUT2D eigenvalue weighted by molar-refractivity contribution is 5.71. The monoisotopic (exact) mass is 277 g/mol. The summed E-state index contributed by atoms with van der Waals surface area (Å²) in [5.74, 6) is 1.52. The molecule has 3 unspecified atom stereocenters. The summed E-state index contributed by atoms with van der Waals surface area (Å²) < 4.78 is 10.9. The number of nitrogens with two attached hydrogens (primary N) is 1. The maximum atomic E-state index is 11.8. The van der Waals surface area contributed by atoms with Gasteiger partial charge >= 0.3 is 5.97 Å². The molecule has 0 bridgehead atoms. The lowest BCUT2D eigenvalue weighted by Crippen LogP contribution is -2.30. The summed E-state index contributed by atoms with van der Waals surface area (Å²) in [6.45, 7) is 4.38. The average molecular weight is 277 g/mol. The summed E-state index contributed by atoms with van der Waals surface area (Å²) in [6, 6.07) is 7.13. The van der Waals surface area contributed by atoms with Crippen molar-refractivity contribution in [2.45, 2.75) is 39.2 Å². The number of carbonyl (C=O) groups excluding carboxylic acids is 1. The largest absolute Gasteiger partial charge is 0.480 e. The summed E-state index contributed by atoms with van der Waals surface area (Å²) in [7, 11) is 0. The van der Waals surface area contributed by atoms with Crippen molar-refractivity contribution in [1.82, 2.24) is 0 Å². The molecule has 1 fully saturated rings. The van der Waals surface area contributed by atoms with Gasteiger partial charge in [-0.3, -0.25) is 0 Å². The molecule has 2 rings (SSSR count). The first-order valence-corrected chi connectivity index (χ1v) is 7.23. The summed E-state index contributed by atoms with van der Waals surface area (Å²) >= 11 is 0. The van der Waals surface area contributed by atoms with Crippen LogP contribution in [-0.2, 0) is 9.53 Å². The molecule has 1 aliphatic rings. The van der Waals surface area contributed by atoms with Gasteiger partial charge in [0.2, 0.25) is 0 Å². The molecule has 1 aromatic rings. The Balaban J connectivity index is 1.77. The van der Waals surface area contributed by atoms with Crippen LogP contribution in [0.5, 0.6) is 5.75 Å². The van der Waals surface area contributed by atoms with Crippen LogP contribution in [0, 0.1) is 11.8 Å². The van der Waals surface area contributed by atoms with E-state index in [0.29, 0.717) is 23.3 Å². The van der Waals surface area contributed by atoms with Crippen LogP contribution < -0.4 is 10.5 Å². The Hall–Kier alpha value is -1.71. The zero-order valence-corrected chi connectivity index (χ0v) is 12.2. The van der Waals surface area contributed by atoms with Crippen LogP contribution in [-0.4, -0.2) is 18.7 Å². The molecule has 0 spiro atoms. The summed E-state index contributed by atoms with van der Waals surface area (Å²) in [4.78, 5) is 11.8. The molecule has 1 saturated carbocycles. The number of hydrogen-bond acceptors (Lipinski definition) is 4. The van der Waals surface area contributed by atoms with E-state index in [4.69, 9.17) is 15.2 Å². The van der Waals surface area contributed by atoms with Crippen molar-refractivity contribution >= 4 is 11.7 Å². The number of rotatable bonds is 4. The average Bonchev–Trinajstić information content (AvgIpc) is 2.42. The minimum Gasteiger partial charge on any atom is -0.480 e. The van der Waals surface area contributed by atoms with E-state index in [0.717, 1.165) is 19.3 Å². The van der Waals surface area contributed by atoms with Crippen LogP contribution in [0.3, 0.4) is 0 Å². The van der Waals surface area contributed by atoms with Gasteiger partial charge in [0.05, 0.1) is 5.69 Å². The highest BCUT2D eigenvalue weighted by Gasteiger charge is 2.27. The molecule has 110 valence electrons. The number of anilines is 1. The molecule has 0 aromatic heterocycles. The third-order valence-electron chi connectivity index (χ3n) is 4.11. The quantitative estimate of drug-likeness (QED) is 0.679. The van der Waals surface area contributed by atoms with Crippen LogP contribution >= 0.6 is 0 Å². The first-order chi connectivity index (χ1) is 9.56. The Morgan fingerprint density at radius 3 is 2.70 bits per heavy atom. The van der Waals surface area contributed by atoms with Gasteiger partial charge in [-0.1, -0.05) is 26.0 Å². The highest BCUT2D eigenvalue weighted by Crippen LogP contribution is 2.31. The van der Waals surface area contributed by atoms with Crippen LogP contribution in [0.2, 0.25) is 0 Å². The smallest absolute Gasteiger partial charge is 0.344 e. The molecule has 1 aliphatic carbocycles. The fourth-order valence-electron chi connectivity index (χ4n) is 2.57. The maximum Gasteiger partial charge on any atom is 0.344 e. The second-order valence-electron chi connectivity index (χ2n) is 5.71. The van der Waals surface area contributed by atoms with Gasteiger partial charge in [-0.15, -0.1) is 0 Å². The predicted molar refractivity (Wildman–Crippen MR) is 78.4 cm³/mol. The van der Waals surface area contributed by atoms with Crippen LogP contribution in [0.1, 0.15) is 33.1 Å². The molecular weight excluding hydrogens is 254 g/mol. The fraction of sp³-hybridized carbons (Fsp3) is 0.562. The molecule has 3 atom stereocenters. The Morgan fingerprint density at radius 2 is 2.00 bits per heavy atom. The molecule has 0 amide bonds. The van der Waals surface area contributed by atoms with Gasteiger partial charge < -0.3 is 15.2 Å². The minimum atomic E-state index is -0.319. The van der Waals surface area contributed by atoms with Gasteiger partial charge in [-0.2, -0.15) is 0 Å². The van der Waals surface area contributed by atoms with Crippen molar-refractivity contribution in [3.63, 3.8) is 0 Å². The summed E-state index contributed by atoms with van der Waals surface area (Å²) in [6.07, 6.45) is 3.04. The van der Waals surface area contributed by atoms with E-state index in [1.165, 1.54) is 0 Å². The number of para-hydroxylation sites is 2. The lowest BCUT2D eigenvalue weighted by Gasteiger charge is -2.31. The Labute approximate surface area is 120 Å². The Bertz CT molecular complexity index is 461. The number of nitrogen functional groups attached to an aromatic ring is 1. The van der Waals surface area contributed by atoms with Crippen molar-refractivity contribution in [2.75, 3.05) is 12.3 Å². The SMILES string of the molecule is CC1CCC(OC(=O)COc2ccccc2N)CC1C. The van der Waals surface area contributed by atoms with E-state index in [-0.39, 0.29) is 18.7 Å². The maximum absolute atomic E-state index is 11.8. The van der Waals surface area contributed by atoms with E-state index >= 15 is 0 Å². The molecule has 0 aliphatic heterocycles. The summed E-state index contributed by atoms with van der Waals surface area (Å²) in [5.41, 5.74) is 6.28. The normalized spacial score (nSPS) is 26.0. The molecule has 0 heterocycles. The first-order valence-electron chi connectivity index (χ1n) is 7.23. The third kappa shape index (κ3) is 3.89. The summed E-state index contributed by atoms with van der Waals surface area (Å²) in [5, 5.41) is 0. The van der Waals surface area contributed by atoms with Crippen molar-refractivity contribution in [3.8, 4) is 5.75 Å². The van der Waals surface area contributed by atoms with Crippen molar-refractivity contribution in [3.05, 3.63) is 24.3 Å². The van der Waals surface area contributed by atoms with E-state index < -0.39 is 0 Å². The third-order valence-corrected chi connectivity index (χ3v) is 4.11. The van der Waals surface area contributed by atoms with Crippen molar-refractivity contribution in [2.24, 2.45) is 11.8 Å². The molecule has 0 saturated heterocycles. The van der Waals surface area contributed by atoms with E-state index in [2.05, 4.69) is 13.8 Å². The highest BCUT2D eigenvalue weighted by atomic mass is 16.6. The zero-order valence-electron chi connectivity index (χ0n) is 12.2. The molecule has 0 radical (unpaired) electrons. The van der Waals surface area contributed by atoms with Crippen LogP contribution in [0.4, 0.5) is 5.69 Å². The standard InChI is InChI=1S/C16H23NO3/c1-11-7-8-13(9-12(11)2)20-16(18)10-19-15-6-4-3-5-14(15)17/h3-6,11-13H,7-10,17H2,1-2H3. The van der Waals surface area contributed by atoms with Crippen LogP contribution in [0.25, 0.3) is 0 Å². The number of ether oxygens (including phenoxy) is 2. The molecular formula is C16H23NO3. The van der Waals surface area contributed by atoms with Gasteiger partial charge in [0, 0.05) is 0 Å². The van der Waals surface area contributed by atoms with Gasteiger partial charge in [-0.25, -0.2) is 4.79 Å². The van der Waals surface area contributed by atoms with Crippen molar-refractivity contribution < 1.29 is 14.3 Å². The molecule has 4 heteroatoms. The van der Waals surface area contributed by atoms with Crippen LogP contribution in [0.15, 0.2) is 24.3 Å². The van der Waals surface area contributed by atoms with Gasteiger partial charge in [-0.05, 0) is 43.2 Å². The number of carbonyl (C=O) groups is 1. The number of benzene rings is 1.